The highest BCUT2D eigenvalue weighted by atomic mass is 32.2. The van der Waals surface area contributed by atoms with Crippen molar-refractivity contribution in [2.45, 2.75) is 38.3 Å². The van der Waals surface area contributed by atoms with Crippen LogP contribution in [0.15, 0.2) is 65.7 Å². The summed E-state index contributed by atoms with van der Waals surface area (Å²) < 4.78 is 29.9. The molecule has 0 saturated carbocycles. The second-order valence-electron chi connectivity index (χ2n) is 8.83. The van der Waals surface area contributed by atoms with E-state index in [9.17, 15) is 13.2 Å². The van der Waals surface area contributed by atoms with Gasteiger partial charge >= 0.3 is 0 Å². The van der Waals surface area contributed by atoms with Crippen molar-refractivity contribution < 1.29 is 13.2 Å². The molecule has 33 heavy (non-hydrogen) atoms. The number of amides is 1. The Balaban J connectivity index is 1.46. The van der Waals surface area contributed by atoms with Gasteiger partial charge in [-0.3, -0.25) is 9.48 Å². The molecule has 3 aromatic rings. The zero-order valence-corrected chi connectivity index (χ0v) is 19.9. The maximum absolute atomic E-state index is 13.3. The van der Waals surface area contributed by atoms with E-state index in [0.29, 0.717) is 30.3 Å². The Labute approximate surface area is 194 Å². The van der Waals surface area contributed by atoms with Gasteiger partial charge in [0.1, 0.15) is 5.69 Å². The van der Waals surface area contributed by atoms with Crippen molar-refractivity contribution in [3.63, 3.8) is 0 Å². The highest BCUT2D eigenvalue weighted by Crippen LogP contribution is 2.25. The lowest BCUT2D eigenvalue weighted by Crippen LogP contribution is -2.55. The fourth-order valence-electron chi connectivity index (χ4n) is 4.07. The van der Waals surface area contributed by atoms with Crippen LogP contribution >= 0.6 is 0 Å². The van der Waals surface area contributed by atoms with Crippen molar-refractivity contribution in [2.75, 3.05) is 19.6 Å². The zero-order chi connectivity index (χ0) is 23.6. The second-order valence-corrected chi connectivity index (χ2v) is 10.7. The van der Waals surface area contributed by atoms with E-state index in [-0.39, 0.29) is 23.4 Å². The van der Waals surface area contributed by atoms with Crippen LogP contribution in [0, 0.1) is 5.92 Å². The minimum Gasteiger partial charge on any atom is -0.336 e. The summed E-state index contributed by atoms with van der Waals surface area (Å²) in [7, 11) is -3.68. The first-order valence-electron chi connectivity index (χ1n) is 11.1. The zero-order valence-electron chi connectivity index (χ0n) is 19.1. The molecule has 9 heteroatoms. The summed E-state index contributed by atoms with van der Waals surface area (Å²) >= 11 is 0. The lowest BCUT2D eigenvalue weighted by molar-refractivity contribution is 0.0642. The predicted octanol–water partition coefficient (Wildman–Crippen LogP) is 3.14. The van der Waals surface area contributed by atoms with Crippen LogP contribution in [-0.4, -0.2) is 64.2 Å². The summed E-state index contributed by atoms with van der Waals surface area (Å²) in [5, 5.41) is 8.34. The second kappa shape index (κ2) is 9.44. The smallest absolute Gasteiger partial charge is 0.253 e. The Morgan fingerprint density at radius 2 is 1.76 bits per heavy atom. The molecule has 1 aliphatic rings. The molecule has 4 rings (SSSR count). The Hall–Kier alpha value is -3.04. The highest BCUT2D eigenvalue weighted by molar-refractivity contribution is 7.89. The quantitative estimate of drug-likeness (QED) is 0.556. The summed E-state index contributed by atoms with van der Waals surface area (Å²) in [4.78, 5) is 14.7. The molecule has 0 radical (unpaired) electrons. The minimum atomic E-state index is -3.68. The third kappa shape index (κ3) is 4.99. The number of nitrogens with zero attached hydrogens (tertiary/aromatic N) is 5. The Bertz CT molecular complexity index is 1210. The molecule has 2 aromatic carbocycles. The number of rotatable bonds is 6. The summed E-state index contributed by atoms with van der Waals surface area (Å²) in [5.41, 5.74) is 2.14. The monoisotopic (exact) mass is 467 g/mol. The highest BCUT2D eigenvalue weighted by Gasteiger charge is 2.35. The van der Waals surface area contributed by atoms with E-state index >= 15 is 0 Å². The largest absolute Gasteiger partial charge is 0.336 e. The maximum Gasteiger partial charge on any atom is 0.253 e. The number of hydrogen-bond donors (Lipinski definition) is 0. The first kappa shape index (κ1) is 23.1. The normalized spacial score (nSPS) is 17.5. The number of carbonyl (C=O) groups excluding carboxylic acids is 1. The van der Waals surface area contributed by atoms with Crippen LogP contribution in [0.3, 0.4) is 0 Å². The third-order valence-electron chi connectivity index (χ3n) is 5.72. The lowest BCUT2D eigenvalue weighted by atomic mass is 10.1. The summed E-state index contributed by atoms with van der Waals surface area (Å²) in [6.07, 6.45) is 1.87. The molecular weight excluding hydrogens is 438 g/mol. The van der Waals surface area contributed by atoms with Crippen molar-refractivity contribution in [1.82, 2.24) is 24.2 Å². The average molecular weight is 468 g/mol. The van der Waals surface area contributed by atoms with Crippen molar-refractivity contribution >= 4 is 15.9 Å². The van der Waals surface area contributed by atoms with Gasteiger partial charge in [0.25, 0.3) is 5.91 Å². The molecule has 2 heterocycles. The van der Waals surface area contributed by atoms with Crippen LogP contribution in [0.2, 0.25) is 0 Å². The SMILES string of the molecule is CC(C)Cn1cc(-c2ccc(S(=O)(=O)N3CCN(C(=O)c4ccccc4)C[C@H]3C)cc2)nn1. The molecule has 1 atom stereocenters. The minimum absolute atomic E-state index is 0.0747. The van der Waals surface area contributed by atoms with Crippen LogP contribution in [0.5, 0.6) is 0 Å². The molecule has 1 fully saturated rings. The van der Waals surface area contributed by atoms with Crippen LogP contribution in [0.4, 0.5) is 0 Å². The van der Waals surface area contributed by atoms with Gasteiger partial charge in [-0.2, -0.15) is 4.31 Å². The van der Waals surface area contributed by atoms with E-state index in [4.69, 9.17) is 0 Å². The van der Waals surface area contributed by atoms with Crippen LogP contribution in [0.1, 0.15) is 31.1 Å². The van der Waals surface area contributed by atoms with E-state index in [2.05, 4.69) is 24.2 Å². The first-order valence-corrected chi connectivity index (χ1v) is 12.6. The van der Waals surface area contributed by atoms with Crippen LogP contribution < -0.4 is 0 Å². The number of piperazine rings is 1. The molecule has 1 saturated heterocycles. The van der Waals surface area contributed by atoms with Gasteiger partial charge in [-0.15, -0.1) is 5.10 Å². The Morgan fingerprint density at radius 3 is 2.39 bits per heavy atom. The molecular formula is C24H29N5O3S. The molecule has 1 amide bonds. The molecule has 8 nitrogen and oxygen atoms in total. The van der Waals surface area contributed by atoms with Gasteiger partial charge in [0.2, 0.25) is 10.0 Å². The molecule has 1 aromatic heterocycles. The van der Waals surface area contributed by atoms with Crippen molar-refractivity contribution in [3.8, 4) is 11.3 Å². The van der Waals surface area contributed by atoms with Crippen molar-refractivity contribution in [1.29, 1.82) is 0 Å². The van der Waals surface area contributed by atoms with Crippen molar-refractivity contribution in [3.05, 3.63) is 66.4 Å². The third-order valence-corrected chi connectivity index (χ3v) is 7.75. The van der Waals surface area contributed by atoms with E-state index in [1.165, 1.54) is 4.31 Å². The van der Waals surface area contributed by atoms with E-state index in [1.807, 2.05) is 31.3 Å². The van der Waals surface area contributed by atoms with Gasteiger partial charge in [0.05, 0.1) is 11.1 Å². The number of benzene rings is 2. The number of hydrogen-bond acceptors (Lipinski definition) is 5. The van der Waals surface area contributed by atoms with Gasteiger partial charge in [-0.25, -0.2) is 8.42 Å². The molecule has 0 aliphatic carbocycles. The van der Waals surface area contributed by atoms with E-state index in [1.54, 1.807) is 46.0 Å². The Kier molecular flexibility index (Phi) is 6.62. The molecule has 1 aliphatic heterocycles. The standard InChI is InChI=1S/C24H29N5O3S/c1-18(2)15-28-17-23(25-26-28)20-9-11-22(12-10-20)33(31,32)29-14-13-27(16-19(29)3)24(30)21-7-5-4-6-8-21/h4-12,17-19H,13-16H2,1-3H3/t19-/m1/s1. The number of sulfonamides is 1. The molecule has 0 bridgehead atoms. The van der Waals surface area contributed by atoms with E-state index < -0.39 is 10.0 Å². The van der Waals surface area contributed by atoms with Gasteiger partial charge in [0.15, 0.2) is 0 Å². The number of carbonyl (C=O) groups is 1. The summed E-state index contributed by atoms with van der Waals surface area (Å²) in [5.74, 6) is 0.381. The van der Waals surface area contributed by atoms with E-state index in [0.717, 1.165) is 12.1 Å². The summed E-state index contributed by atoms with van der Waals surface area (Å²) in [6, 6.07) is 15.5. The average Bonchev–Trinajstić information content (AvgIpc) is 3.26. The van der Waals surface area contributed by atoms with Gasteiger partial charge in [-0.05, 0) is 37.1 Å². The predicted molar refractivity (Wildman–Crippen MR) is 126 cm³/mol. The molecule has 174 valence electrons. The number of aromatic nitrogens is 3. The fraction of sp³-hybridized carbons (Fsp3) is 0.375. The van der Waals surface area contributed by atoms with Gasteiger partial charge in [-0.1, -0.05) is 49.4 Å². The van der Waals surface area contributed by atoms with Gasteiger partial charge in [0, 0.05) is 43.3 Å². The molecule has 0 spiro atoms. The topological polar surface area (TPSA) is 88.4 Å². The van der Waals surface area contributed by atoms with Crippen molar-refractivity contribution in [2.24, 2.45) is 5.92 Å². The Morgan fingerprint density at radius 1 is 1.06 bits per heavy atom. The fourth-order valence-corrected chi connectivity index (χ4v) is 5.69. The summed E-state index contributed by atoms with van der Waals surface area (Å²) in [6.45, 7) is 7.80. The van der Waals surface area contributed by atoms with Crippen LogP contribution in [0.25, 0.3) is 11.3 Å². The molecule has 0 N–H and O–H groups in total. The first-order chi connectivity index (χ1) is 15.8. The maximum atomic E-state index is 13.3. The van der Waals surface area contributed by atoms with Crippen LogP contribution in [-0.2, 0) is 16.6 Å². The molecule has 0 unspecified atom stereocenters. The lowest BCUT2D eigenvalue weighted by Gasteiger charge is -2.39. The van der Waals surface area contributed by atoms with Gasteiger partial charge < -0.3 is 4.90 Å².